The van der Waals surface area contributed by atoms with Crippen LogP contribution in [0.15, 0.2) is 52.0 Å². The van der Waals surface area contributed by atoms with Crippen LogP contribution in [0, 0.1) is 25.2 Å². The van der Waals surface area contributed by atoms with Gasteiger partial charge in [-0.25, -0.2) is 0 Å². The molecule has 0 saturated carbocycles. The first-order valence-electron chi connectivity index (χ1n) is 10.4. The zero-order valence-corrected chi connectivity index (χ0v) is 19.1. The quantitative estimate of drug-likeness (QED) is 0.251. The summed E-state index contributed by atoms with van der Waals surface area (Å²) in [5.41, 5.74) is 4.13. The summed E-state index contributed by atoms with van der Waals surface area (Å²) >= 11 is 0. The minimum absolute atomic E-state index is 0.204. The molecule has 0 atom stereocenters. The molecule has 2 aromatic carbocycles. The second-order valence-corrected chi connectivity index (χ2v) is 7.35. The van der Waals surface area contributed by atoms with Crippen LogP contribution in [0.4, 0.5) is 4.39 Å². The molecule has 0 spiro atoms. The van der Waals surface area contributed by atoms with Crippen molar-refractivity contribution in [3.8, 4) is 11.8 Å². The normalized spacial score (nSPS) is 11.9. The van der Waals surface area contributed by atoms with E-state index in [1.165, 1.54) is 14.2 Å². The topological polar surface area (TPSA) is 93.5 Å². The lowest BCUT2D eigenvalue weighted by atomic mass is 9.92. The molecule has 0 aliphatic heterocycles. The molecule has 0 aliphatic rings. The summed E-state index contributed by atoms with van der Waals surface area (Å²) in [5.74, 6) is 0.759. The van der Waals surface area contributed by atoms with E-state index in [0.717, 1.165) is 35.1 Å². The van der Waals surface area contributed by atoms with Gasteiger partial charge in [-0.05, 0) is 66.3 Å². The Morgan fingerprint density at radius 2 is 1.91 bits per heavy atom. The molecule has 3 rings (SSSR count). The monoisotopic (exact) mass is 448 g/mol. The van der Waals surface area contributed by atoms with Gasteiger partial charge >= 0.3 is 0 Å². The molecular weight excluding hydrogens is 423 g/mol. The van der Waals surface area contributed by atoms with Crippen LogP contribution in [0.1, 0.15) is 52.4 Å². The second kappa shape index (κ2) is 11.0. The molecule has 3 aromatic rings. The van der Waals surface area contributed by atoms with Crippen molar-refractivity contribution in [2.75, 3.05) is 14.2 Å². The SMILES string of the molecule is CO/N=C(\F)c1cc(/C(=C\CCCc2nnc(C)o2)c2ccc(C#N)cc2)cc(C)c1OC. The first-order valence-corrected chi connectivity index (χ1v) is 10.4. The first kappa shape index (κ1) is 23.7. The molecular formula is C25H25FN4O3. The van der Waals surface area contributed by atoms with Gasteiger partial charge in [0.1, 0.15) is 12.9 Å². The Balaban J connectivity index is 2.00. The predicted molar refractivity (Wildman–Crippen MR) is 123 cm³/mol. The Hall–Kier alpha value is -3.99. The van der Waals surface area contributed by atoms with Crippen LogP contribution >= 0.6 is 0 Å². The van der Waals surface area contributed by atoms with Gasteiger partial charge in [0.15, 0.2) is 0 Å². The number of nitriles is 1. The van der Waals surface area contributed by atoms with Crippen LogP contribution in [-0.4, -0.2) is 30.4 Å². The highest BCUT2D eigenvalue weighted by Gasteiger charge is 2.17. The Kier molecular flexibility index (Phi) is 7.92. The zero-order valence-electron chi connectivity index (χ0n) is 19.1. The Bertz CT molecular complexity index is 1210. The van der Waals surface area contributed by atoms with Gasteiger partial charge in [0.25, 0.3) is 5.97 Å². The van der Waals surface area contributed by atoms with E-state index in [9.17, 15) is 4.39 Å². The fraction of sp³-hybridized carbons (Fsp3) is 0.280. The third-order valence-electron chi connectivity index (χ3n) is 5.02. The molecule has 0 saturated heterocycles. The van der Waals surface area contributed by atoms with Gasteiger partial charge in [-0.1, -0.05) is 23.4 Å². The number of aromatic nitrogens is 2. The maximum atomic E-state index is 14.7. The molecule has 0 radical (unpaired) electrons. The Labute approximate surface area is 192 Å². The summed E-state index contributed by atoms with van der Waals surface area (Å²) in [7, 11) is 2.78. The first-order chi connectivity index (χ1) is 16.0. The van der Waals surface area contributed by atoms with E-state index in [1.807, 2.05) is 25.1 Å². The van der Waals surface area contributed by atoms with Gasteiger partial charge in [0.05, 0.1) is 24.3 Å². The highest BCUT2D eigenvalue weighted by molar-refractivity contribution is 5.98. The lowest BCUT2D eigenvalue weighted by molar-refractivity contribution is 0.209. The van der Waals surface area contributed by atoms with E-state index in [-0.39, 0.29) is 5.56 Å². The van der Waals surface area contributed by atoms with Gasteiger partial charge in [-0.3, -0.25) is 0 Å². The van der Waals surface area contributed by atoms with Crippen LogP contribution in [0.5, 0.6) is 5.75 Å². The van der Waals surface area contributed by atoms with E-state index in [2.05, 4.69) is 32.3 Å². The summed E-state index contributed by atoms with van der Waals surface area (Å²) < 4.78 is 25.5. The number of nitrogens with zero attached hydrogens (tertiary/aromatic N) is 4. The zero-order chi connectivity index (χ0) is 23.8. The molecule has 0 unspecified atom stereocenters. The lowest BCUT2D eigenvalue weighted by Gasteiger charge is -2.15. The van der Waals surface area contributed by atoms with E-state index in [1.54, 1.807) is 25.1 Å². The van der Waals surface area contributed by atoms with Gasteiger partial charge in [-0.15, -0.1) is 10.2 Å². The molecule has 33 heavy (non-hydrogen) atoms. The minimum atomic E-state index is -0.773. The third-order valence-corrected chi connectivity index (χ3v) is 5.02. The number of allylic oxidation sites excluding steroid dienone is 1. The number of hydrogen-bond acceptors (Lipinski definition) is 7. The minimum Gasteiger partial charge on any atom is -0.496 e. The number of rotatable bonds is 9. The van der Waals surface area contributed by atoms with E-state index in [4.69, 9.17) is 14.4 Å². The fourth-order valence-electron chi connectivity index (χ4n) is 3.55. The molecule has 8 heteroatoms. The number of ether oxygens (including phenoxy) is 1. The molecule has 0 aliphatic carbocycles. The molecule has 0 bridgehead atoms. The van der Waals surface area contributed by atoms with E-state index in [0.29, 0.717) is 29.5 Å². The molecule has 1 heterocycles. The van der Waals surface area contributed by atoms with Crippen molar-refractivity contribution >= 4 is 11.5 Å². The van der Waals surface area contributed by atoms with Crippen molar-refractivity contribution in [2.24, 2.45) is 5.16 Å². The number of hydrogen-bond donors (Lipinski definition) is 0. The Morgan fingerprint density at radius 3 is 2.52 bits per heavy atom. The maximum absolute atomic E-state index is 14.7. The van der Waals surface area contributed by atoms with Gasteiger partial charge in [-0.2, -0.15) is 9.65 Å². The van der Waals surface area contributed by atoms with Crippen LogP contribution in [0.25, 0.3) is 5.57 Å². The maximum Gasteiger partial charge on any atom is 0.260 e. The smallest absolute Gasteiger partial charge is 0.260 e. The van der Waals surface area contributed by atoms with Crippen molar-refractivity contribution in [2.45, 2.75) is 33.1 Å². The molecule has 170 valence electrons. The number of methoxy groups -OCH3 is 1. The largest absolute Gasteiger partial charge is 0.496 e. The average Bonchev–Trinajstić information content (AvgIpc) is 3.23. The van der Waals surface area contributed by atoms with Crippen molar-refractivity contribution in [3.63, 3.8) is 0 Å². The van der Waals surface area contributed by atoms with Crippen molar-refractivity contribution in [3.05, 3.63) is 82.1 Å². The van der Waals surface area contributed by atoms with E-state index < -0.39 is 5.97 Å². The molecule has 7 nitrogen and oxygen atoms in total. The Morgan fingerprint density at radius 1 is 1.15 bits per heavy atom. The number of unbranched alkanes of at least 4 members (excludes halogenated alkanes) is 1. The van der Waals surface area contributed by atoms with Crippen LogP contribution in [-0.2, 0) is 11.3 Å². The second-order valence-electron chi connectivity index (χ2n) is 7.35. The van der Waals surface area contributed by atoms with Crippen LogP contribution in [0.2, 0.25) is 0 Å². The van der Waals surface area contributed by atoms with Gasteiger partial charge < -0.3 is 14.0 Å². The predicted octanol–water partition coefficient (Wildman–Crippen LogP) is 5.30. The molecule has 0 amide bonds. The van der Waals surface area contributed by atoms with Crippen LogP contribution < -0.4 is 4.74 Å². The summed E-state index contributed by atoms with van der Waals surface area (Å²) in [5, 5.41) is 20.5. The highest BCUT2D eigenvalue weighted by Crippen LogP contribution is 2.33. The summed E-state index contributed by atoms with van der Waals surface area (Å²) in [6.45, 7) is 3.61. The summed E-state index contributed by atoms with van der Waals surface area (Å²) in [6, 6.07) is 13.0. The number of oxime groups is 1. The van der Waals surface area contributed by atoms with Crippen molar-refractivity contribution in [1.82, 2.24) is 10.2 Å². The molecule has 0 fully saturated rings. The van der Waals surface area contributed by atoms with Gasteiger partial charge in [0, 0.05) is 13.3 Å². The summed E-state index contributed by atoms with van der Waals surface area (Å²) in [6.07, 6.45) is 4.26. The third kappa shape index (κ3) is 5.83. The number of aryl methyl sites for hydroxylation is 3. The molecule has 1 aromatic heterocycles. The van der Waals surface area contributed by atoms with Crippen molar-refractivity contribution in [1.29, 1.82) is 5.26 Å². The molecule has 0 N–H and O–H groups in total. The highest BCUT2D eigenvalue weighted by atomic mass is 19.1. The number of benzene rings is 2. The van der Waals surface area contributed by atoms with Crippen molar-refractivity contribution < 1.29 is 18.4 Å². The van der Waals surface area contributed by atoms with E-state index >= 15 is 0 Å². The fourth-order valence-corrected chi connectivity index (χ4v) is 3.55. The number of halogens is 1. The standard InChI is InChI=1S/C25H25FN4O3/c1-16-13-20(14-22(24(16)31-3)25(26)30-32-4)21(19-11-9-18(15-27)10-12-19)7-5-6-8-23-29-28-17(2)33-23/h7,9-14H,5-6,8H2,1-4H3/b21-7-,30-25-. The summed E-state index contributed by atoms with van der Waals surface area (Å²) in [4.78, 5) is 4.62. The average molecular weight is 448 g/mol. The van der Waals surface area contributed by atoms with Crippen LogP contribution in [0.3, 0.4) is 0 Å². The van der Waals surface area contributed by atoms with Gasteiger partial charge in [0.2, 0.25) is 11.8 Å². The lowest BCUT2D eigenvalue weighted by Crippen LogP contribution is -2.03.